The van der Waals surface area contributed by atoms with Crippen LogP contribution in [0.15, 0.2) is 24.8 Å². The average Bonchev–Trinajstić information content (AvgIpc) is 2.00. The minimum absolute atomic E-state index is 0.513. The Kier molecular flexibility index (Phi) is 3.62. The molecule has 0 amide bonds. The van der Waals surface area contributed by atoms with Crippen molar-refractivity contribution in [2.75, 3.05) is 0 Å². The van der Waals surface area contributed by atoms with E-state index in [-0.39, 0.29) is 0 Å². The van der Waals surface area contributed by atoms with Crippen molar-refractivity contribution in [1.82, 2.24) is 4.98 Å². The fraction of sp³-hybridized carbons (Fsp3) is 0.429. The third-order valence-corrected chi connectivity index (χ3v) is 1.23. The Labute approximate surface area is 88.2 Å². The molecule has 0 unspecified atom stereocenters. The van der Waals surface area contributed by atoms with E-state index >= 15 is 0 Å². The number of hydrogen-bond donors (Lipinski definition) is 0. The molecule has 0 saturated heterocycles. The van der Waals surface area contributed by atoms with Gasteiger partial charge in [-0.15, -0.1) is 0 Å². The van der Waals surface area contributed by atoms with Crippen molar-refractivity contribution in [3.05, 3.63) is 24.8 Å². The Balaban J connectivity index is 0.000000293. The van der Waals surface area contributed by atoms with Gasteiger partial charge in [-0.25, -0.2) is 4.57 Å². The molecule has 9 heteroatoms. The SMILES string of the molecule is CC(C)[n+]1cccnc1.F[P-](F)(F)(F)(F)F. The van der Waals surface area contributed by atoms with Crippen molar-refractivity contribution in [1.29, 1.82) is 0 Å². The van der Waals surface area contributed by atoms with Crippen LogP contribution in [-0.2, 0) is 0 Å². The minimum atomic E-state index is -10.7. The molecular formula is C7H11F6N2P. The van der Waals surface area contributed by atoms with Crippen molar-refractivity contribution in [2.45, 2.75) is 19.9 Å². The van der Waals surface area contributed by atoms with E-state index in [2.05, 4.69) is 23.4 Å². The summed E-state index contributed by atoms with van der Waals surface area (Å²) in [4.78, 5) is 3.97. The molecule has 2 nitrogen and oxygen atoms in total. The van der Waals surface area contributed by atoms with Crippen molar-refractivity contribution in [3.63, 3.8) is 0 Å². The normalized spacial score (nSPS) is 15.8. The fourth-order valence-corrected chi connectivity index (χ4v) is 0.647. The van der Waals surface area contributed by atoms with E-state index in [4.69, 9.17) is 0 Å². The summed E-state index contributed by atoms with van der Waals surface area (Å²) in [5.41, 5.74) is 0. The first-order valence-corrected chi connectivity index (χ1v) is 6.15. The third-order valence-electron chi connectivity index (χ3n) is 1.23. The molecule has 0 atom stereocenters. The van der Waals surface area contributed by atoms with Crippen LogP contribution in [0.5, 0.6) is 0 Å². The zero-order valence-electron chi connectivity index (χ0n) is 8.50. The molecule has 1 rings (SSSR count). The molecule has 0 aliphatic carbocycles. The predicted octanol–water partition coefficient (Wildman–Crippen LogP) is 4.33. The first-order chi connectivity index (χ1) is 6.75. The maximum absolute atomic E-state index is 10.7. The zero-order valence-corrected chi connectivity index (χ0v) is 9.39. The number of hydrogen-bond acceptors (Lipinski definition) is 1. The van der Waals surface area contributed by atoms with Crippen molar-refractivity contribution in [2.24, 2.45) is 0 Å². The predicted molar refractivity (Wildman–Crippen MR) is 48.4 cm³/mol. The Morgan fingerprint density at radius 2 is 1.50 bits per heavy atom. The van der Waals surface area contributed by atoms with Gasteiger partial charge in [-0.3, -0.25) is 0 Å². The second kappa shape index (κ2) is 3.84. The molecule has 0 fully saturated rings. The van der Waals surface area contributed by atoms with Gasteiger partial charge in [0.15, 0.2) is 0 Å². The summed E-state index contributed by atoms with van der Waals surface area (Å²) in [6.07, 6.45) is 5.61. The van der Waals surface area contributed by atoms with Crippen LogP contribution >= 0.6 is 7.81 Å². The van der Waals surface area contributed by atoms with Crippen LogP contribution in [0, 0.1) is 0 Å². The Morgan fingerprint density at radius 3 is 1.69 bits per heavy atom. The standard InChI is InChI=1S/C7H11N2.F6P/c1-7(2)9-5-3-4-8-6-9;1-7(2,3,4,5)6/h3-7H,1-2H3;/q+1;-1. The Bertz CT molecular complexity index is 320. The van der Waals surface area contributed by atoms with Gasteiger partial charge in [0, 0.05) is 6.07 Å². The Hall–Kier alpha value is -0.910. The Morgan fingerprint density at radius 1 is 1.06 bits per heavy atom. The van der Waals surface area contributed by atoms with Crippen LogP contribution in [0.25, 0.3) is 0 Å². The molecule has 1 heterocycles. The molecule has 0 aliphatic rings. The van der Waals surface area contributed by atoms with E-state index < -0.39 is 7.81 Å². The molecule has 0 spiro atoms. The van der Waals surface area contributed by atoms with Crippen LogP contribution < -0.4 is 4.57 Å². The molecule has 1 aromatic rings. The van der Waals surface area contributed by atoms with Gasteiger partial charge in [0.25, 0.3) is 6.33 Å². The van der Waals surface area contributed by atoms with Crippen LogP contribution in [-0.4, -0.2) is 4.98 Å². The van der Waals surface area contributed by atoms with Gasteiger partial charge in [0.2, 0.25) is 0 Å². The van der Waals surface area contributed by atoms with Gasteiger partial charge >= 0.3 is 33.0 Å². The second-order valence-electron chi connectivity index (χ2n) is 3.25. The molecule has 0 aliphatic heterocycles. The van der Waals surface area contributed by atoms with E-state index in [1.807, 2.05) is 18.6 Å². The van der Waals surface area contributed by atoms with E-state index in [9.17, 15) is 25.2 Å². The molecule has 0 aromatic carbocycles. The van der Waals surface area contributed by atoms with E-state index in [0.29, 0.717) is 6.04 Å². The first-order valence-electron chi connectivity index (χ1n) is 4.13. The summed E-state index contributed by atoms with van der Waals surface area (Å²) >= 11 is 0. The number of nitrogens with zero attached hydrogens (tertiary/aromatic N) is 2. The second-order valence-corrected chi connectivity index (χ2v) is 5.17. The number of aromatic nitrogens is 2. The summed E-state index contributed by atoms with van der Waals surface area (Å²) in [5, 5.41) is 0. The average molecular weight is 268 g/mol. The van der Waals surface area contributed by atoms with Crippen molar-refractivity contribution >= 4 is 7.81 Å². The van der Waals surface area contributed by atoms with E-state index in [0.717, 1.165) is 0 Å². The van der Waals surface area contributed by atoms with Crippen molar-refractivity contribution < 1.29 is 29.7 Å². The molecule has 0 N–H and O–H groups in total. The van der Waals surface area contributed by atoms with Gasteiger partial charge in [-0.1, -0.05) is 4.98 Å². The van der Waals surface area contributed by atoms with Crippen molar-refractivity contribution in [3.8, 4) is 0 Å². The summed E-state index contributed by atoms with van der Waals surface area (Å²) in [5.74, 6) is 0. The zero-order chi connectivity index (χ0) is 13.1. The fourth-order valence-electron chi connectivity index (χ4n) is 0.647. The van der Waals surface area contributed by atoms with E-state index in [1.54, 1.807) is 6.20 Å². The van der Waals surface area contributed by atoms with Gasteiger partial charge in [0.05, 0.1) is 12.2 Å². The summed E-state index contributed by atoms with van der Waals surface area (Å²) in [6.45, 7) is 4.25. The monoisotopic (exact) mass is 268 g/mol. The molecule has 0 bridgehead atoms. The molecular weight excluding hydrogens is 257 g/mol. The summed E-state index contributed by atoms with van der Waals surface area (Å²) < 4.78 is 61.2. The molecule has 1 aromatic heterocycles. The maximum atomic E-state index is 9.87. The van der Waals surface area contributed by atoms with Crippen LogP contribution in [0.4, 0.5) is 25.2 Å². The van der Waals surface area contributed by atoms with Gasteiger partial charge in [0.1, 0.15) is 6.20 Å². The van der Waals surface area contributed by atoms with Crippen LogP contribution in [0.2, 0.25) is 0 Å². The quantitative estimate of drug-likeness (QED) is 0.420. The summed E-state index contributed by atoms with van der Waals surface area (Å²) in [6, 6.07) is 2.44. The van der Waals surface area contributed by atoms with Crippen LogP contribution in [0.3, 0.4) is 0 Å². The summed E-state index contributed by atoms with van der Waals surface area (Å²) in [7, 11) is -10.7. The third kappa shape index (κ3) is 15.6. The molecule has 16 heavy (non-hydrogen) atoms. The van der Waals surface area contributed by atoms with Crippen LogP contribution in [0.1, 0.15) is 19.9 Å². The van der Waals surface area contributed by atoms with Gasteiger partial charge < -0.3 is 0 Å². The van der Waals surface area contributed by atoms with Gasteiger partial charge in [-0.2, -0.15) is 0 Å². The van der Waals surface area contributed by atoms with E-state index in [1.165, 1.54) is 0 Å². The topological polar surface area (TPSA) is 16.8 Å². The molecule has 96 valence electrons. The van der Waals surface area contributed by atoms with Gasteiger partial charge in [-0.05, 0) is 13.8 Å². The molecule has 0 radical (unpaired) electrons. The first kappa shape index (κ1) is 15.1. The number of halogens is 6. The number of rotatable bonds is 1. The molecule has 0 saturated carbocycles.